The zero-order valence-corrected chi connectivity index (χ0v) is 13.3. The maximum Gasteiger partial charge on any atom is 0.499 e. The number of hydrogen-bond acceptors (Lipinski definition) is 5. The summed E-state index contributed by atoms with van der Waals surface area (Å²) >= 11 is 0. The first-order valence-electron chi connectivity index (χ1n) is 7.45. The lowest BCUT2D eigenvalue weighted by molar-refractivity contribution is 0.00578. The summed E-state index contributed by atoms with van der Waals surface area (Å²) in [5, 5.41) is 9.45. The molecule has 1 aromatic rings. The Labute approximate surface area is 129 Å². The van der Waals surface area contributed by atoms with Gasteiger partial charge < -0.3 is 19.2 Å². The second-order valence-electron chi connectivity index (χ2n) is 6.81. The lowest BCUT2D eigenvalue weighted by Crippen LogP contribution is -2.41. The van der Waals surface area contributed by atoms with E-state index in [4.69, 9.17) is 14.0 Å². The molecule has 1 saturated heterocycles. The Balaban J connectivity index is 2.02. The molecule has 3 rings (SSSR count). The fraction of sp³-hybridized carbons (Fsp3) is 0.600. The zero-order chi connectivity index (χ0) is 16.1. The predicted octanol–water partition coefficient (Wildman–Crippen LogP) is 1.62. The highest BCUT2D eigenvalue weighted by Crippen LogP contribution is 2.38. The van der Waals surface area contributed by atoms with E-state index in [9.17, 15) is 9.90 Å². The predicted molar refractivity (Wildman–Crippen MR) is 80.6 cm³/mol. The monoisotopic (exact) mass is 305 g/mol. The lowest BCUT2D eigenvalue weighted by Gasteiger charge is -2.32. The maximum absolute atomic E-state index is 11.5. The van der Waals surface area contributed by atoms with Gasteiger partial charge in [-0.1, -0.05) is 0 Å². The molecule has 22 heavy (non-hydrogen) atoms. The maximum atomic E-state index is 11.5. The number of aromatic nitrogens is 1. The first-order chi connectivity index (χ1) is 10.2. The van der Waals surface area contributed by atoms with Gasteiger partial charge in [-0.25, -0.2) is 4.79 Å². The van der Waals surface area contributed by atoms with Crippen LogP contribution in [0.5, 0.6) is 5.75 Å². The van der Waals surface area contributed by atoms with Gasteiger partial charge in [-0.3, -0.25) is 4.98 Å². The topological polar surface area (TPSA) is 77.9 Å². The normalized spacial score (nSPS) is 22.6. The molecule has 1 aliphatic carbocycles. The molecule has 0 aromatic carbocycles. The summed E-state index contributed by atoms with van der Waals surface area (Å²) in [6.07, 6.45) is 4.92. The Bertz CT molecular complexity index is 596. The largest absolute Gasteiger partial charge is 0.499 e. The number of rotatable bonds is 4. The van der Waals surface area contributed by atoms with E-state index in [0.717, 1.165) is 12.8 Å². The molecule has 0 amide bonds. The van der Waals surface area contributed by atoms with Gasteiger partial charge in [-0.2, -0.15) is 0 Å². The number of ether oxygens (including phenoxy) is 1. The van der Waals surface area contributed by atoms with E-state index in [1.54, 1.807) is 0 Å². The van der Waals surface area contributed by atoms with Gasteiger partial charge in [-0.05, 0) is 40.5 Å². The van der Waals surface area contributed by atoms with Crippen LogP contribution in [-0.2, 0) is 9.31 Å². The van der Waals surface area contributed by atoms with Crippen LogP contribution in [0.1, 0.15) is 50.9 Å². The number of aromatic carboxylic acids is 1. The minimum atomic E-state index is -1.07. The fourth-order valence-corrected chi connectivity index (χ4v) is 2.29. The molecule has 0 bridgehead atoms. The van der Waals surface area contributed by atoms with E-state index in [1.165, 1.54) is 12.4 Å². The first-order valence-corrected chi connectivity index (χ1v) is 7.45. The van der Waals surface area contributed by atoms with Crippen molar-refractivity contribution >= 4 is 18.6 Å². The molecule has 1 aliphatic heterocycles. The van der Waals surface area contributed by atoms with E-state index in [0.29, 0.717) is 11.2 Å². The highest BCUT2D eigenvalue weighted by atomic mass is 16.7. The lowest BCUT2D eigenvalue weighted by atomic mass is 9.76. The first kappa shape index (κ1) is 15.3. The van der Waals surface area contributed by atoms with Gasteiger partial charge in [-0.15, -0.1) is 0 Å². The van der Waals surface area contributed by atoms with Crippen LogP contribution < -0.4 is 10.2 Å². The molecular weight excluding hydrogens is 285 g/mol. The smallest absolute Gasteiger partial charge is 0.489 e. The number of carboxylic acids is 1. The SMILES string of the molecule is CC1(C)OB(c2c(OC3CC3)cncc2C(=O)O)OC1(C)C. The van der Waals surface area contributed by atoms with Crippen molar-refractivity contribution in [3.8, 4) is 5.75 Å². The molecule has 0 spiro atoms. The molecule has 118 valence electrons. The molecule has 6 nitrogen and oxygen atoms in total. The van der Waals surface area contributed by atoms with Crippen molar-refractivity contribution < 1.29 is 23.9 Å². The second-order valence-corrected chi connectivity index (χ2v) is 6.81. The summed E-state index contributed by atoms with van der Waals surface area (Å²) < 4.78 is 17.8. The number of hydrogen-bond donors (Lipinski definition) is 1. The Kier molecular flexibility index (Phi) is 3.45. The highest BCUT2D eigenvalue weighted by Gasteiger charge is 2.53. The molecule has 2 fully saturated rings. The summed E-state index contributed by atoms with van der Waals surface area (Å²) in [4.78, 5) is 15.5. The van der Waals surface area contributed by atoms with Crippen molar-refractivity contribution in [3.05, 3.63) is 18.0 Å². The number of carbonyl (C=O) groups is 1. The van der Waals surface area contributed by atoms with E-state index < -0.39 is 24.3 Å². The molecule has 1 aromatic heterocycles. The van der Waals surface area contributed by atoms with Crippen molar-refractivity contribution in [2.24, 2.45) is 0 Å². The molecule has 0 unspecified atom stereocenters. The molecule has 0 atom stereocenters. The van der Waals surface area contributed by atoms with Crippen LogP contribution in [-0.4, -0.2) is 40.5 Å². The summed E-state index contributed by atoms with van der Waals surface area (Å²) in [5.74, 6) is -0.639. The summed E-state index contributed by atoms with van der Waals surface area (Å²) in [6.45, 7) is 7.71. The molecule has 1 saturated carbocycles. The van der Waals surface area contributed by atoms with Crippen LogP contribution in [0.2, 0.25) is 0 Å². The Morgan fingerprint density at radius 2 is 1.86 bits per heavy atom. The van der Waals surface area contributed by atoms with Crippen molar-refractivity contribution in [2.45, 2.75) is 57.8 Å². The van der Waals surface area contributed by atoms with Crippen LogP contribution >= 0.6 is 0 Å². The van der Waals surface area contributed by atoms with Crippen molar-refractivity contribution in [1.29, 1.82) is 0 Å². The van der Waals surface area contributed by atoms with Gasteiger partial charge in [0.05, 0.1) is 29.1 Å². The minimum Gasteiger partial charge on any atom is -0.489 e. The third-order valence-electron chi connectivity index (χ3n) is 4.49. The van der Waals surface area contributed by atoms with E-state index in [1.807, 2.05) is 27.7 Å². The molecule has 0 radical (unpaired) electrons. The zero-order valence-electron chi connectivity index (χ0n) is 13.3. The summed E-state index contributed by atoms with van der Waals surface area (Å²) in [7, 11) is -0.784. The van der Waals surface area contributed by atoms with Gasteiger partial charge >= 0.3 is 13.1 Å². The third kappa shape index (κ3) is 2.59. The van der Waals surface area contributed by atoms with E-state index in [-0.39, 0.29) is 11.7 Å². The van der Waals surface area contributed by atoms with Gasteiger partial charge in [0.25, 0.3) is 0 Å². The van der Waals surface area contributed by atoms with E-state index >= 15 is 0 Å². The van der Waals surface area contributed by atoms with Crippen LogP contribution in [0.15, 0.2) is 12.4 Å². The standard InChI is InChI=1S/C15H20BNO5/c1-14(2)15(3,4)22-16(21-14)12-10(13(18)19)7-17-8-11(12)20-9-5-6-9/h7-9H,5-6H2,1-4H3,(H,18,19). The summed E-state index contributed by atoms with van der Waals surface area (Å²) in [6, 6.07) is 0. The Hall–Kier alpha value is -1.60. The van der Waals surface area contributed by atoms with Gasteiger partial charge in [0.1, 0.15) is 5.75 Å². The molecular formula is C15H20BNO5. The Morgan fingerprint density at radius 1 is 1.27 bits per heavy atom. The quantitative estimate of drug-likeness (QED) is 0.852. The second kappa shape index (κ2) is 4.96. The van der Waals surface area contributed by atoms with E-state index in [2.05, 4.69) is 4.98 Å². The van der Waals surface area contributed by atoms with Crippen LogP contribution in [0, 0.1) is 0 Å². The van der Waals surface area contributed by atoms with Crippen LogP contribution in [0.25, 0.3) is 0 Å². The molecule has 2 aliphatic rings. The van der Waals surface area contributed by atoms with Gasteiger partial charge in [0.2, 0.25) is 0 Å². The van der Waals surface area contributed by atoms with Crippen LogP contribution in [0.4, 0.5) is 0 Å². The van der Waals surface area contributed by atoms with Gasteiger partial charge in [0, 0.05) is 11.7 Å². The molecule has 2 heterocycles. The van der Waals surface area contributed by atoms with Crippen molar-refractivity contribution in [2.75, 3.05) is 0 Å². The van der Waals surface area contributed by atoms with Gasteiger partial charge in [0.15, 0.2) is 0 Å². The van der Waals surface area contributed by atoms with Crippen LogP contribution in [0.3, 0.4) is 0 Å². The number of carboxylic acid groups (broad SMARTS) is 1. The van der Waals surface area contributed by atoms with Crippen molar-refractivity contribution in [3.63, 3.8) is 0 Å². The number of pyridine rings is 1. The Morgan fingerprint density at radius 3 is 2.36 bits per heavy atom. The summed E-state index contributed by atoms with van der Waals surface area (Å²) in [5.41, 5.74) is -0.633. The molecule has 1 N–H and O–H groups in total. The average molecular weight is 305 g/mol. The minimum absolute atomic E-state index is 0.0525. The average Bonchev–Trinajstić information content (AvgIpc) is 3.17. The molecule has 7 heteroatoms. The number of nitrogens with zero attached hydrogens (tertiary/aromatic N) is 1. The highest BCUT2D eigenvalue weighted by molar-refractivity contribution is 6.64. The third-order valence-corrected chi connectivity index (χ3v) is 4.49. The fourth-order valence-electron chi connectivity index (χ4n) is 2.29. The van der Waals surface area contributed by atoms with Crippen molar-refractivity contribution in [1.82, 2.24) is 4.98 Å².